The minimum Gasteiger partial charge on any atom is -0.462 e. The van der Waals surface area contributed by atoms with E-state index in [0.29, 0.717) is 25.7 Å². The molecule has 0 saturated carbocycles. The summed E-state index contributed by atoms with van der Waals surface area (Å²) >= 11 is 0. The number of hydrogen-bond acceptors (Lipinski definition) is 10. The van der Waals surface area contributed by atoms with Gasteiger partial charge in [0.1, 0.15) is 13.2 Å². The monoisotopic (exact) mass is 1430 g/mol. The second-order valence-corrected chi connectivity index (χ2v) is 23.8. The number of hydrogen-bond donors (Lipinski definition) is 2. The summed E-state index contributed by atoms with van der Waals surface area (Å²) in [5, 5.41) is 19.1. The van der Waals surface area contributed by atoms with Crippen LogP contribution >= 0.6 is 0 Å². The van der Waals surface area contributed by atoms with Crippen molar-refractivity contribution >= 4 is 23.9 Å². The molecule has 0 aliphatic heterocycles. The Morgan fingerprint density at radius 1 is 0.212 bits per heavy atom. The topological polar surface area (TPSA) is 146 Å². The largest absolute Gasteiger partial charge is 0.462 e. The number of aliphatic hydroxyl groups is 2. The van der Waals surface area contributed by atoms with Crippen LogP contribution in [0.1, 0.15) is 233 Å². The molecule has 0 rings (SSSR count). The van der Waals surface area contributed by atoms with Gasteiger partial charge in [0, 0.05) is 25.7 Å². The van der Waals surface area contributed by atoms with Gasteiger partial charge in [-0.05, 0) is 180 Å². The van der Waals surface area contributed by atoms with E-state index < -0.39 is 37.4 Å². The molecule has 0 aromatic heterocycles. The van der Waals surface area contributed by atoms with Gasteiger partial charge in [0.15, 0.2) is 12.2 Å². The van der Waals surface area contributed by atoms with Crippen molar-refractivity contribution < 1.29 is 48.3 Å². The van der Waals surface area contributed by atoms with E-state index in [0.717, 1.165) is 154 Å². The van der Waals surface area contributed by atoms with Crippen LogP contribution in [0.3, 0.4) is 0 Å². The Kier molecular flexibility index (Phi) is 81.6. The standard InChI is InChI=1S/2C47H68O5/c2*1-3-5-7-9-11-13-15-17-19-21-23-25-27-29-31-33-35-37-39-41-46(49)51-44-45(43-48)52-47(50)42-40-38-36-34-32-30-28-26-24-22-20-18-16-14-12-10-8-6-4-2/h2*5-8,11-14,17-20,23-26,29-32,35-38,45,48H,3-4,9-10,15-16,21-22,27-28,33-34,39-44H2,1-2H3/b2*7-5-,8-6-,13-11-,14-12-,19-17-,20-18-,25-23-,26-24-,31-29-,32-30-,37-35-,38-36-/t2*45-/m00/s1. The number of allylic oxidation sites excluding steroid dienone is 48. The summed E-state index contributed by atoms with van der Waals surface area (Å²) in [6, 6.07) is 0. The minimum absolute atomic E-state index is 0.148. The zero-order chi connectivity index (χ0) is 75.7. The molecule has 572 valence electrons. The van der Waals surface area contributed by atoms with Gasteiger partial charge in [0.2, 0.25) is 0 Å². The van der Waals surface area contributed by atoms with E-state index in [1.807, 2.05) is 48.6 Å². The predicted octanol–water partition coefficient (Wildman–Crippen LogP) is 24.8. The lowest BCUT2D eigenvalue weighted by Gasteiger charge is -2.15. The summed E-state index contributed by atoms with van der Waals surface area (Å²) in [4.78, 5) is 48.4. The Labute approximate surface area is 632 Å². The maximum absolute atomic E-state index is 12.1. The Balaban J connectivity index is 0. The summed E-state index contributed by atoms with van der Waals surface area (Å²) in [6.07, 6.45) is 127. The number of rotatable bonds is 64. The fraction of sp³-hybridized carbons (Fsp3) is 0.447. The van der Waals surface area contributed by atoms with Gasteiger partial charge < -0.3 is 29.2 Å². The van der Waals surface area contributed by atoms with E-state index in [1.54, 1.807) is 0 Å². The molecule has 0 aliphatic carbocycles. The third-order valence-electron chi connectivity index (χ3n) is 14.3. The van der Waals surface area contributed by atoms with E-state index in [2.05, 4.69) is 271 Å². The van der Waals surface area contributed by atoms with Crippen molar-refractivity contribution in [1.29, 1.82) is 0 Å². The number of ether oxygens (including phenoxy) is 4. The van der Waals surface area contributed by atoms with E-state index in [4.69, 9.17) is 18.9 Å². The molecule has 0 unspecified atom stereocenters. The molecule has 2 atom stereocenters. The molecular formula is C94H136O10. The highest BCUT2D eigenvalue weighted by atomic mass is 16.6. The highest BCUT2D eigenvalue weighted by Gasteiger charge is 2.17. The second-order valence-electron chi connectivity index (χ2n) is 23.8. The van der Waals surface area contributed by atoms with Crippen molar-refractivity contribution in [2.24, 2.45) is 0 Å². The SMILES string of the molecule is CC/C=C\C/C=C\C/C=C\C/C=C\C/C=C\C/C=C\CCC(=O)OC[C@H](CO)OC(=O)CC/C=C\C/C=C\C/C=C\C/C=C\C/C=C\C/C=C\CC.CC/C=C\C/C=C\C/C=C\C/C=C\C/C=C\C/C=C\CCC(=O)OC[C@H](CO)OC(=O)CC/C=C\C/C=C\C/C=C\C/C=C\C/C=C\C/C=C\CC. The Hall–Kier alpha value is -8.44. The van der Waals surface area contributed by atoms with Gasteiger partial charge in [-0.25, -0.2) is 0 Å². The highest BCUT2D eigenvalue weighted by Crippen LogP contribution is 2.08. The molecule has 0 saturated heterocycles. The molecule has 0 aromatic rings. The summed E-state index contributed by atoms with van der Waals surface area (Å²) in [5.74, 6) is -1.61. The number of carbonyl (C=O) groups excluding carboxylic acids is 4. The number of carbonyl (C=O) groups is 4. The average Bonchev–Trinajstić information content (AvgIpc) is 1.87. The molecule has 0 bridgehead atoms. The first-order chi connectivity index (χ1) is 51.3. The molecule has 0 spiro atoms. The Morgan fingerprint density at radius 2 is 0.346 bits per heavy atom. The lowest BCUT2D eigenvalue weighted by Crippen LogP contribution is -2.28. The van der Waals surface area contributed by atoms with Crippen LogP contribution in [0.15, 0.2) is 292 Å². The van der Waals surface area contributed by atoms with Crippen molar-refractivity contribution in [2.75, 3.05) is 26.4 Å². The van der Waals surface area contributed by atoms with Crippen molar-refractivity contribution in [2.45, 2.75) is 245 Å². The lowest BCUT2D eigenvalue weighted by molar-refractivity contribution is -0.161. The fourth-order valence-corrected chi connectivity index (χ4v) is 8.62. The number of aliphatic hydroxyl groups excluding tert-OH is 2. The lowest BCUT2D eigenvalue weighted by atomic mass is 10.2. The fourth-order valence-electron chi connectivity index (χ4n) is 8.62. The molecule has 2 N–H and O–H groups in total. The first-order valence-electron chi connectivity index (χ1n) is 38.8. The zero-order valence-corrected chi connectivity index (χ0v) is 64.5. The summed E-state index contributed by atoms with van der Waals surface area (Å²) in [7, 11) is 0. The molecular weight excluding hydrogens is 1290 g/mol. The smallest absolute Gasteiger partial charge is 0.306 e. The molecule has 0 aliphatic rings. The van der Waals surface area contributed by atoms with Gasteiger partial charge in [-0.3, -0.25) is 19.2 Å². The maximum Gasteiger partial charge on any atom is 0.306 e. The predicted molar refractivity (Wildman–Crippen MR) is 446 cm³/mol. The zero-order valence-electron chi connectivity index (χ0n) is 64.5. The van der Waals surface area contributed by atoms with Crippen LogP contribution in [-0.4, -0.2) is 72.7 Å². The normalized spacial score (nSPS) is 13.8. The summed E-state index contributed by atoms with van der Waals surface area (Å²) < 4.78 is 20.9. The van der Waals surface area contributed by atoms with Gasteiger partial charge in [-0.15, -0.1) is 0 Å². The molecule has 10 nitrogen and oxygen atoms in total. The molecule has 0 radical (unpaired) electrons. The summed E-state index contributed by atoms with van der Waals surface area (Å²) in [5.41, 5.74) is 0. The summed E-state index contributed by atoms with van der Waals surface area (Å²) in [6.45, 7) is 7.49. The van der Waals surface area contributed by atoms with Crippen molar-refractivity contribution in [3.63, 3.8) is 0 Å². The third kappa shape index (κ3) is 84.2. The third-order valence-corrected chi connectivity index (χ3v) is 14.3. The average molecular weight is 1430 g/mol. The van der Waals surface area contributed by atoms with Gasteiger partial charge in [0.05, 0.1) is 13.2 Å². The Morgan fingerprint density at radius 3 is 0.490 bits per heavy atom. The van der Waals surface area contributed by atoms with E-state index in [9.17, 15) is 29.4 Å². The minimum atomic E-state index is -0.854. The van der Waals surface area contributed by atoms with Crippen LogP contribution in [-0.2, 0) is 38.1 Å². The van der Waals surface area contributed by atoms with Crippen molar-refractivity contribution in [3.8, 4) is 0 Å². The van der Waals surface area contributed by atoms with Crippen LogP contribution in [0.25, 0.3) is 0 Å². The van der Waals surface area contributed by atoms with Gasteiger partial charge in [-0.2, -0.15) is 0 Å². The van der Waals surface area contributed by atoms with Crippen LogP contribution < -0.4 is 0 Å². The molecule has 0 fully saturated rings. The van der Waals surface area contributed by atoms with Crippen molar-refractivity contribution in [3.05, 3.63) is 292 Å². The molecule has 0 amide bonds. The van der Waals surface area contributed by atoms with E-state index in [1.165, 1.54) is 0 Å². The Bertz CT molecular complexity index is 2620. The number of esters is 4. The first kappa shape index (κ1) is 97.6. The van der Waals surface area contributed by atoms with Crippen LogP contribution in [0.4, 0.5) is 0 Å². The van der Waals surface area contributed by atoms with Gasteiger partial charge in [0.25, 0.3) is 0 Å². The molecule has 0 heterocycles. The molecule has 104 heavy (non-hydrogen) atoms. The van der Waals surface area contributed by atoms with E-state index >= 15 is 0 Å². The quantitative estimate of drug-likeness (QED) is 0.0343. The highest BCUT2D eigenvalue weighted by molar-refractivity contribution is 5.71. The van der Waals surface area contributed by atoms with E-state index in [-0.39, 0.29) is 50.8 Å². The maximum atomic E-state index is 12.1. The van der Waals surface area contributed by atoms with Crippen LogP contribution in [0, 0.1) is 0 Å². The molecule has 0 aromatic carbocycles. The van der Waals surface area contributed by atoms with Gasteiger partial charge >= 0.3 is 23.9 Å². The van der Waals surface area contributed by atoms with Crippen LogP contribution in [0.5, 0.6) is 0 Å². The van der Waals surface area contributed by atoms with Crippen LogP contribution in [0.2, 0.25) is 0 Å². The molecule has 10 heteroatoms. The first-order valence-corrected chi connectivity index (χ1v) is 38.8. The van der Waals surface area contributed by atoms with Crippen molar-refractivity contribution in [1.82, 2.24) is 0 Å². The second kappa shape index (κ2) is 87.0. The van der Waals surface area contributed by atoms with Gasteiger partial charge in [-0.1, -0.05) is 319 Å².